The molecular weight excluding hydrogens is 280 g/mol. The Morgan fingerprint density at radius 2 is 2.00 bits per heavy atom. The van der Waals surface area contributed by atoms with Gasteiger partial charge in [-0.1, -0.05) is 34.1 Å². The normalized spacial score (nSPS) is 11.1. The van der Waals surface area contributed by atoms with Gasteiger partial charge in [-0.2, -0.15) is 0 Å². The van der Waals surface area contributed by atoms with Gasteiger partial charge in [0, 0.05) is 24.1 Å². The summed E-state index contributed by atoms with van der Waals surface area (Å²) in [5, 5.41) is 3.34. The van der Waals surface area contributed by atoms with E-state index in [9.17, 15) is 0 Å². The molecule has 3 nitrogen and oxygen atoms in total. The molecule has 0 atom stereocenters. The molecule has 0 fully saturated rings. The Kier molecular flexibility index (Phi) is 7.44. The maximum Gasteiger partial charge on any atom is 0.0728 e. The molecule has 0 unspecified atom stereocenters. The van der Waals surface area contributed by atoms with Crippen molar-refractivity contribution in [3.05, 3.63) is 34.3 Å². The fraction of sp³-hybridized carbons (Fsp3) is 0.538. The lowest BCUT2D eigenvalue weighted by molar-refractivity contribution is 0.122. The lowest BCUT2D eigenvalue weighted by Crippen LogP contribution is -2.28. The highest BCUT2D eigenvalue weighted by Crippen LogP contribution is 2.16. The Labute approximate surface area is 112 Å². The average molecular weight is 301 g/mol. The summed E-state index contributed by atoms with van der Waals surface area (Å²) in [5.74, 6) is 0. The number of nitrogens with one attached hydrogen (secondary N) is 1. The summed E-state index contributed by atoms with van der Waals surface area (Å²) in [5.41, 5.74) is 1.20. The molecule has 0 saturated carbocycles. The molecule has 0 radical (unpaired) electrons. The summed E-state index contributed by atoms with van der Waals surface area (Å²) in [4.78, 5) is 2.16. The molecule has 0 aliphatic heterocycles. The summed E-state index contributed by atoms with van der Waals surface area (Å²) >= 11 is 3.51. The van der Waals surface area contributed by atoms with E-state index in [1.165, 1.54) is 5.56 Å². The van der Waals surface area contributed by atoms with Crippen molar-refractivity contribution >= 4 is 15.9 Å². The van der Waals surface area contributed by atoms with Crippen LogP contribution < -0.4 is 5.32 Å². The minimum atomic E-state index is 0.663. The van der Waals surface area contributed by atoms with Gasteiger partial charge in [0.15, 0.2) is 0 Å². The molecule has 1 rings (SSSR count). The monoisotopic (exact) mass is 300 g/mol. The lowest BCUT2D eigenvalue weighted by atomic mass is 10.2. The van der Waals surface area contributed by atoms with Gasteiger partial charge in [0.05, 0.1) is 13.2 Å². The van der Waals surface area contributed by atoms with E-state index >= 15 is 0 Å². The molecular formula is C13H21BrN2O. The molecule has 0 heterocycles. The van der Waals surface area contributed by atoms with Crippen LogP contribution in [0, 0.1) is 0 Å². The Hall–Kier alpha value is -0.420. The van der Waals surface area contributed by atoms with Crippen molar-refractivity contribution in [3.63, 3.8) is 0 Å². The zero-order chi connectivity index (χ0) is 12.5. The SMILES string of the molecule is CN(C)CCNCCOCc1ccccc1Br. The highest BCUT2D eigenvalue weighted by Gasteiger charge is 1.97. The number of hydrogen-bond donors (Lipinski definition) is 1. The van der Waals surface area contributed by atoms with Crippen molar-refractivity contribution in [3.8, 4) is 0 Å². The van der Waals surface area contributed by atoms with Gasteiger partial charge in [0.2, 0.25) is 0 Å². The smallest absolute Gasteiger partial charge is 0.0728 e. The highest BCUT2D eigenvalue weighted by molar-refractivity contribution is 9.10. The number of likely N-dealkylation sites (N-methyl/N-ethyl adjacent to an activating group) is 1. The molecule has 0 aliphatic carbocycles. The van der Waals surface area contributed by atoms with Crippen LogP contribution in [0.3, 0.4) is 0 Å². The molecule has 17 heavy (non-hydrogen) atoms. The van der Waals surface area contributed by atoms with Crippen molar-refractivity contribution in [2.75, 3.05) is 40.3 Å². The molecule has 1 aromatic rings. The fourth-order valence-corrected chi connectivity index (χ4v) is 1.77. The number of hydrogen-bond acceptors (Lipinski definition) is 3. The molecule has 0 aromatic heterocycles. The third-order valence-corrected chi connectivity index (χ3v) is 3.15. The predicted molar refractivity (Wildman–Crippen MR) is 75.2 cm³/mol. The van der Waals surface area contributed by atoms with Gasteiger partial charge in [-0.25, -0.2) is 0 Å². The minimum absolute atomic E-state index is 0.663. The van der Waals surface area contributed by atoms with E-state index in [4.69, 9.17) is 4.74 Å². The third-order valence-electron chi connectivity index (χ3n) is 2.37. The van der Waals surface area contributed by atoms with Gasteiger partial charge < -0.3 is 15.0 Å². The number of halogens is 1. The second-order valence-corrected chi connectivity index (χ2v) is 5.05. The summed E-state index contributed by atoms with van der Waals surface area (Å²) in [6.45, 7) is 4.37. The fourth-order valence-electron chi connectivity index (χ4n) is 1.37. The standard InChI is InChI=1S/C13H21BrN2O/c1-16(2)9-7-15-8-10-17-11-12-5-3-4-6-13(12)14/h3-6,15H,7-11H2,1-2H3. The van der Waals surface area contributed by atoms with Crippen molar-refractivity contribution in [2.45, 2.75) is 6.61 Å². The Morgan fingerprint density at radius 1 is 1.24 bits per heavy atom. The summed E-state index contributed by atoms with van der Waals surface area (Å²) in [6, 6.07) is 8.15. The second kappa shape index (κ2) is 8.64. The highest BCUT2D eigenvalue weighted by atomic mass is 79.9. The van der Waals surface area contributed by atoms with E-state index in [1.807, 2.05) is 18.2 Å². The average Bonchev–Trinajstić information content (AvgIpc) is 2.30. The molecule has 96 valence electrons. The van der Waals surface area contributed by atoms with Crippen LogP contribution in [0.4, 0.5) is 0 Å². The van der Waals surface area contributed by atoms with Gasteiger partial charge in [-0.15, -0.1) is 0 Å². The zero-order valence-electron chi connectivity index (χ0n) is 10.6. The molecule has 0 amide bonds. The minimum Gasteiger partial charge on any atom is -0.375 e. The lowest BCUT2D eigenvalue weighted by Gasteiger charge is -2.10. The van der Waals surface area contributed by atoms with Crippen LogP contribution >= 0.6 is 15.9 Å². The van der Waals surface area contributed by atoms with Gasteiger partial charge >= 0.3 is 0 Å². The number of benzene rings is 1. The van der Waals surface area contributed by atoms with Crippen LogP contribution in [0.25, 0.3) is 0 Å². The molecule has 0 saturated heterocycles. The Balaban J connectivity index is 2.03. The third kappa shape index (κ3) is 6.78. The Morgan fingerprint density at radius 3 is 2.71 bits per heavy atom. The van der Waals surface area contributed by atoms with Gasteiger partial charge in [0.25, 0.3) is 0 Å². The predicted octanol–water partition coefficient (Wildman–Crippen LogP) is 2.12. The quantitative estimate of drug-likeness (QED) is 0.744. The van der Waals surface area contributed by atoms with E-state index < -0.39 is 0 Å². The number of ether oxygens (including phenoxy) is 1. The summed E-state index contributed by atoms with van der Waals surface area (Å²) in [7, 11) is 4.15. The van der Waals surface area contributed by atoms with Gasteiger partial charge in [-0.3, -0.25) is 0 Å². The van der Waals surface area contributed by atoms with E-state index in [0.29, 0.717) is 6.61 Å². The van der Waals surface area contributed by atoms with Gasteiger partial charge in [0.1, 0.15) is 0 Å². The van der Waals surface area contributed by atoms with E-state index in [0.717, 1.165) is 30.7 Å². The van der Waals surface area contributed by atoms with Crippen LogP contribution in [-0.4, -0.2) is 45.2 Å². The topological polar surface area (TPSA) is 24.5 Å². The van der Waals surface area contributed by atoms with Crippen LogP contribution in [0.15, 0.2) is 28.7 Å². The summed E-state index contributed by atoms with van der Waals surface area (Å²) in [6.07, 6.45) is 0. The first kappa shape index (κ1) is 14.6. The second-order valence-electron chi connectivity index (χ2n) is 4.20. The first-order valence-electron chi connectivity index (χ1n) is 5.86. The maximum atomic E-state index is 5.60. The molecule has 0 spiro atoms. The molecule has 0 bridgehead atoms. The van der Waals surface area contributed by atoms with Crippen molar-refractivity contribution in [1.82, 2.24) is 10.2 Å². The van der Waals surface area contributed by atoms with Crippen LogP contribution in [-0.2, 0) is 11.3 Å². The van der Waals surface area contributed by atoms with E-state index in [2.05, 4.69) is 46.3 Å². The first-order chi connectivity index (χ1) is 8.20. The van der Waals surface area contributed by atoms with Crippen molar-refractivity contribution < 1.29 is 4.74 Å². The van der Waals surface area contributed by atoms with Crippen LogP contribution in [0.2, 0.25) is 0 Å². The van der Waals surface area contributed by atoms with Crippen molar-refractivity contribution in [1.29, 1.82) is 0 Å². The van der Waals surface area contributed by atoms with Crippen LogP contribution in [0.1, 0.15) is 5.56 Å². The molecule has 4 heteroatoms. The van der Waals surface area contributed by atoms with Gasteiger partial charge in [-0.05, 0) is 25.7 Å². The zero-order valence-corrected chi connectivity index (χ0v) is 12.2. The number of rotatable bonds is 8. The number of nitrogens with zero attached hydrogens (tertiary/aromatic N) is 1. The largest absolute Gasteiger partial charge is 0.375 e. The van der Waals surface area contributed by atoms with E-state index in [-0.39, 0.29) is 0 Å². The van der Waals surface area contributed by atoms with E-state index in [1.54, 1.807) is 0 Å². The molecule has 0 aliphatic rings. The summed E-state index contributed by atoms with van der Waals surface area (Å²) < 4.78 is 6.71. The van der Waals surface area contributed by atoms with Crippen LogP contribution in [0.5, 0.6) is 0 Å². The molecule has 1 aromatic carbocycles. The Bertz CT molecular complexity index is 318. The molecule has 1 N–H and O–H groups in total. The first-order valence-corrected chi connectivity index (χ1v) is 6.66. The maximum absolute atomic E-state index is 5.60. The van der Waals surface area contributed by atoms with Crippen molar-refractivity contribution in [2.24, 2.45) is 0 Å².